The molecule has 0 aliphatic heterocycles. The van der Waals surface area contributed by atoms with Crippen molar-refractivity contribution in [1.29, 1.82) is 0 Å². The van der Waals surface area contributed by atoms with Crippen LogP contribution in [0.4, 0.5) is 0 Å². The molecular weight excluding hydrogens is 162 g/mol. The standard InChI is InChI=1S/C11H15NO/c1-8(9(2)13)11(12)10-6-4-3-5-7-10/h3-7,9,11,13H,1,12H2,2H3. The molecule has 2 nitrogen and oxygen atoms in total. The van der Waals surface area contributed by atoms with Gasteiger partial charge in [0.2, 0.25) is 0 Å². The van der Waals surface area contributed by atoms with E-state index in [1.807, 2.05) is 30.3 Å². The molecule has 1 aromatic rings. The maximum Gasteiger partial charge on any atom is 0.0737 e. The van der Waals surface area contributed by atoms with Crippen molar-refractivity contribution in [2.45, 2.75) is 19.1 Å². The number of aliphatic hydroxyl groups is 1. The summed E-state index contributed by atoms with van der Waals surface area (Å²) in [5.41, 5.74) is 7.50. The van der Waals surface area contributed by atoms with Crippen molar-refractivity contribution in [3.8, 4) is 0 Å². The van der Waals surface area contributed by atoms with E-state index >= 15 is 0 Å². The highest BCUT2D eigenvalue weighted by Gasteiger charge is 2.12. The average molecular weight is 177 g/mol. The highest BCUT2D eigenvalue weighted by Crippen LogP contribution is 2.19. The Labute approximate surface area is 78.7 Å². The molecule has 0 amide bonds. The zero-order valence-electron chi connectivity index (χ0n) is 7.77. The lowest BCUT2D eigenvalue weighted by Gasteiger charge is -2.17. The summed E-state index contributed by atoms with van der Waals surface area (Å²) in [4.78, 5) is 0. The van der Waals surface area contributed by atoms with Gasteiger partial charge >= 0.3 is 0 Å². The van der Waals surface area contributed by atoms with Crippen LogP contribution in [0.15, 0.2) is 42.5 Å². The van der Waals surface area contributed by atoms with Crippen molar-refractivity contribution in [1.82, 2.24) is 0 Å². The molecule has 1 rings (SSSR count). The first kappa shape index (κ1) is 9.96. The van der Waals surface area contributed by atoms with Crippen molar-refractivity contribution in [2.24, 2.45) is 5.73 Å². The molecule has 0 saturated carbocycles. The van der Waals surface area contributed by atoms with Gasteiger partial charge in [-0.15, -0.1) is 0 Å². The fourth-order valence-electron chi connectivity index (χ4n) is 1.13. The molecule has 0 aromatic heterocycles. The van der Waals surface area contributed by atoms with Gasteiger partial charge in [-0.25, -0.2) is 0 Å². The topological polar surface area (TPSA) is 46.2 Å². The fourth-order valence-corrected chi connectivity index (χ4v) is 1.13. The molecule has 0 aliphatic carbocycles. The van der Waals surface area contributed by atoms with Gasteiger partial charge in [0.1, 0.15) is 0 Å². The predicted molar refractivity (Wildman–Crippen MR) is 54.2 cm³/mol. The van der Waals surface area contributed by atoms with Crippen molar-refractivity contribution in [2.75, 3.05) is 0 Å². The summed E-state index contributed by atoms with van der Waals surface area (Å²) < 4.78 is 0. The van der Waals surface area contributed by atoms with Gasteiger partial charge in [0.25, 0.3) is 0 Å². The van der Waals surface area contributed by atoms with Gasteiger partial charge in [0, 0.05) is 0 Å². The number of nitrogens with two attached hydrogens (primary N) is 1. The number of rotatable bonds is 3. The van der Waals surface area contributed by atoms with Crippen LogP contribution < -0.4 is 5.73 Å². The molecule has 3 N–H and O–H groups in total. The van der Waals surface area contributed by atoms with Crippen LogP contribution in [-0.4, -0.2) is 11.2 Å². The normalized spacial score (nSPS) is 15.0. The Kier molecular flexibility index (Phi) is 3.23. The molecule has 0 radical (unpaired) electrons. The maximum absolute atomic E-state index is 9.27. The van der Waals surface area contributed by atoms with E-state index in [9.17, 15) is 5.11 Å². The predicted octanol–water partition coefficient (Wildman–Crippen LogP) is 1.62. The van der Waals surface area contributed by atoms with E-state index in [-0.39, 0.29) is 6.04 Å². The van der Waals surface area contributed by atoms with Crippen LogP contribution in [0, 0.1) is 0 Å². The molecule has 1 aromatic carbocycles. The largest absolute Gasteiger partial charge is 0.389 e. The Hall–Kier alpha value is -1.12. The minimum absolute atomic E-state index is 0.277. The highest BCUT2D eigenvalue weighted by molar-refractivity contribution is 5.27. The molecule has 0 bridgehead atoms. The van der Waals surface area contributed by atoms with E-state index in [4.69, 9.17) is 5.73 Å². The number of hydrogen-bond donors (Lipinski definition) is 2. The smallest absolute Gasteiger partial charge is 0.0737 e. The first-order valence-corrected chi connectivity index (χ1v) is 4.30. The molecular formula is C11H15NO. The van der Waals surface area contributed by atoms with Crippen molar-refractivity contribution >= 4 is 0 Å². The van der Waals surface area contributed by atoms with Crippen molar-refractivity contribution < 1.29 is 5.11 Å². The van der Waals surface area contributed by atoms with Gasteiger partial charge in [-0.1, -0.05) is 36.9 Å². The second-order valence-corrected chi connectivity index (χ2v) is 3.14. The van der Waals surface area contributed by atoms with Gasteiger partial charge in [-0.05, 0) is 18.1 Å². The van der Waals surface area contributed by atoms with E-state index < -0.39 is 6.10 Å². The minimum atomic E-state index is -0.560. The Morgan fingerprint density at radius 1 is 1.38 bits per heavy atom. The molecule has 70 valence electrons. The van der Waals surface area contributed by atoms with Crippen molar-refractivity contribution in [3.63, 3.8) is 0 Å². The Bertz CT molecular complexity index is 279. The molecule has 0 saturated heterocycles. The Morgan fingerprint density at radius 2 is 1.92 bits per heavy atom. The van der Waals surface area contributed by atoms with Crippen molar-refractivity contribution in [3.05, 3.63) is 48.0 Å². The summed E-state index contributed by atoms with van der Waals surface area (Å²) in [5.74, 6) is 0. The average Bonchev–Trinajstić information content (AvgIpc) is 2.17. The number of benzene rings is 1. The summed E-state index contributed by atoms with van der Waals surface area (Å²) in [5, 5.41) is 9.27. The van der Waals surface area contributed by atoms with Gasteiger partial charge in [0.15, 0.2) is 0 Å². The molecule has 13 heavy (non-hydrogen) atoms. The monoisotopic (exact) mass is 177 g/mol. The summed E-state index contributed by atoms with van der Waals surface area (Å²) >= 11 is 0. The first-order valence-electron chi connectivity index (χ1n) is 4.30. The first-order chi connectivity index (χ1) is 6.13. The summed E-state index contributed by atoms with van der Waals surface area (Å²) in [7, 11) is 0. The van der Waals surface area contributed by atoms with Crippen LogP contribution in [-0.2, 0) is 0 Å². The zero-order valence-corrected chi connectivity index (χ0v) is 7.77. The van der Waals surface area contributed by atoms with Crippen LogP contribution in [0.25, 0.3) is 0 Å². The van der Waals surface area contributed by atoms with Crippen LogP contribution in [0.3, 0.4) is 0 Å². The number of aliphatic hydroxyl groups excluding tert-OH is 1. The Morgan fingerprint density at radius 3 is 2.38 bits per heavy atom. The quantitative estimate of drug-likeness (QED) is 0.689. The van der Waals surface area contributed by atoms with Crippen LogP contribution in [0.5, 0.6) is 0 Å². The summed E-state index contributed by atoms with van der Waals surface area (Å²) in [6.45, 7) is 5.43. The minimum Gasteiger partial charge on any atom is -0.389 e. The van der Waals surface area contributed by atoms with E-state index in [1.54, 1.807) is 6.92 Å². The maximum atomic E-state index is 9.27. The van der Waals surface area contributed by atoms with Gasteiger partial charge in [0.05, 0.1) is 12.1 Å². The molecule has 2 unspecified atom stereocenters. The molecule has 0 aliphatic rings. The van der Waals surface area contributed by atoms with Gasteiger partial charge < -0.3 is 10.8 Å². The molecule has 0 fully saturated rings. The fraction of sp³-hybridized carbons (Fsp3) is 0.273. The Balaban J connectivity index is 2.80. The number of hydrogen-bond acceptors (Lipinski definition) is 2. The van der Waals surface area contributed by atoms with Gasteiger partial charge in [-0.2, -0.15) is 0 Å². The lowest BCUT2D eigenvalue weighted by atomic mass is 9.98. The summed E-state index contributed by atoms with van der Waals surface area (Å²) in [6, 6.07) is 9.36. The molecule has 0 heterocycles. The van der Waals surface area contributed by atoms with Gasteiger partial charge in [-0.3, -0.25) is 0 Å². The van der Waals surface area contributed by atoms with Crippen LogP contribution >= 0.6 is 0 Å². The van der Waals surface area contributed by atoms with E-state index in [1.165, 1.54) is 0 Å². The molecule has 2 heteroatoms. The van der Waals surface area contributed by atoms with E-state index in [0.717, 1.165) is 5.56 Å². The molecule has 2 atom stereocenters. The van der Waals surface area contributed by atoms with Crippen LogP contribution in [0.1, 0.15) is 18.5 Å². The summed E-state index contributed by atoms with van der Waals surface area (Å²) in [6.07, 6.45) is -0.560. The second-order valence-electron chi connectivity index (χ2n) is 3.14. The molecule has 0 spiro atoms. The van der Waals surface area contributed by atoms with E-state index in [2.05, 4.69) is 6.58 Å². The van der Waals surface area contributed by atoms with E-state index in [0.29, 0.717) is 5.57 Å². The third-order valence-corrected chi connectivity index (χ3v) is 2.09. The second kappa shape index (κ2) is 4.21. The van der Waals surface area contributed by atoms with Crippen LogP contribution in [0.2, 0.25) is 0 Å². The zero-order chi connectivity index (χ0) is 9.84. The third kappa shape index (κ3) is 2.41. The lowest BCUT2D eigenvalue weighted by molar-refractivity contribution is 0.224. The SMILES string of the molecule is C=C(C(C)O)C(N)c1ccccc1. The highest BCUT2D eigenvalue weighted by atomic mass is 16.3. The lowest BCUT2D eigenvalue weighted by Crippen LogP contribution is -2.19. The third-order valence-electron chi connectivity index (χ3n) is 2.09.